The first kappa shape index (κ1) is 19.3. The van der Waals surface area contributed by atoms with E-state index in [0.717, 1.165) is 5.56 Å². The molecule has 8 heteroatoms. The summed E-state index contributed by atoms with van der Waals surface area (Å²) in [6.45, 7) is 9.34. The molecule has 0 spiro atoms. The van der Waals surface area contributed by atoms with Gasteiger partial charge in [0.1, 0.15) is 11.3 Å². The van der Waals surface area contributed by atoms with Gasteiger partial charge in [-0.3, -0.25) is 15.0 Å². The molecule has 1 aliphatic heterocycles. The number of hydrogen-bond donors (Lipinski definition) is 1. The lowest BCUT2D eigenvalue weighted by Crippen LogP contribution is -2.44. The number of carbonyl (C=O) groups excluding carboxylic acids is 2. The van der Waals surface area contributed by atoms with Crippen LogP contribution in [0.5, 0.6) is 11.8 Å². The summed E-state index contributed by atoms with van der Waals surface area (Å²) in [7, 11) is 0. The number of hydrogen-bond acceptors (Lipinski definition) is 6. The van der Waals surface area contributed by atoms with Crippen molar-refractivity contribution in [2.75, 3.05) is 4.90 Å². The largest absolute Gasteiger partial charge is 0.424 e. The highest BCUT2D eigenvalue weighted by atomic mass is 16.5. The van der Waals surface area contributed by atoms with Gasteiger partial charge in [-0.15, -0.1) is 0 Å². The molecule has 0 aliphatic carbocycles. The molecule has 1 aliphatic rings. The van der Waals surface area contributed by atoms with Gasteiger partial charge < -0.3 is 4.74 Å². The highest BCUT2D eigenvalue weighted by molar-refractivity contribution is 6.16. The fourth-order valence-corrected chi connectivity index (χ4v) is 2.95. The minimum absolute atomic E-state index is 0.0997. The first-order valence-corrected chi connectivity index (χ1v) is 8.74. The molecule has 0 atom stereocenters. The van der Waals surface area contributed by atoms with Crippen LogP contribution in [0.25, 0.3) is 0 Å². The summed E-state index contributed by atoms with van der Waals surface area (Å²) in [5, 5.41) is 11.4. The van der Waals surface area contributed by atoms with Crippen molar-refractivity contribution in [1.82, 2.24) is 15.3 Å². The lowest BCUT2D eigenvalue weighted by molar-refractivity contribution is -0.122. The zero-order valence-electron chi connectivity index (χ0n) is 16.4. The molecule has 28 heavy (non-hydrogen) atoms. The van der Waals surface area contributed by atoms with E-state index in [9.17, 15) is 9.59 Å². The number of ether oxygens (including phenoxy) is 1. The van der Waals surface area contributed by atoms with E-state index in [4.69, 9.17) is 10.00 Å². The van der Waals surface area contributed by atoms with Crippen LogP contribution >= 0.6 is 0 Å². The van der Waals surface area contributed by atoms with Crippen LogP contribution < -0.4 is 15.0 Å². The third kappa shape index (κ3) is 3.39. The van der Waals surface area contributed by atoms with Gasteiger partial charge in [-0.25, -0.2) is 14.8 Å². The number of nitriles is 1. The monoisotopic (exact) mass is 379 g/mol. The van der Waals surface area contributed by atoms with Crippen molar-refractivity contribution in [2.24, 2.45) is 0 Å². The predicted octanol–water partition coefficient (Wildman–Crippen LogP) is 3.27. The number of urea groups is 1. The normalized spacial score (nSPS) is 15.9. The lowest BCUT2D eigenvalue weighted by atomic mass is 9.85. The Morgan fingerprint density at radius 3 is 2.32 bits per heavy atom. The minimum Gasteiger partial charge on any atom is -0.424 e. The minimum atomic E-state index is -1.03. The molecule has 2 heterocycles. The molecule has 1 aromatic carbocycles. The molecule has 3 rings (SSSR count). The van der Waals surface area contributed by atoms with E-state index >= 15 is 0 Å². The lowest BCUT2D eigenvalue weighted by Gasteiger charge is -2.27. The highest BCUT2D eigenvalue weighted by Gasteiger charge is 2.46. The summed E-state index contributed by atoms with van der Waals surface area (Å²) in [6, 6.07) is 6.87. The second-order valence-electron chi connectivity index (χ2n) is 8.05. The molecule has 3 amide bonds. The number of nitrogens with one attached hydrogen (secondary N) is 1. The van der Waals surface area contributed by atoms with Crippen LogP contribution in [0.1, 0.15) is 45.7 Å². The van der Waals surface area contributed by atoms with E-state index in [0.29, 0.717) is 17.0 Å². The zero-order valence-corrected chi connectivity index (χ0v) is 16.4. The summed E-state index contributed by atoms with van der Waals surface area (Å²) in [4.78, 5) is 33.7. The predicted molar refractivity (Wildman–Crippen MR) is 102 cm³/mol. The quantitative estimate of drug-likeness (QED) is 0.820. The molecule has 0 radical (unpaired) electrons. The van der Waals surface area contributed by atoms with Crippen molar-refractivity contribution in [3.05, 3.63) is 41.7 Å². The van der Waals surface area contributed by atoms with Gasteiger partial charge in [0.2, 0.25) is 0 Å². The van der Waals surface area contributed by atoms with Crippen molar-refractivity contribution in [3.63, 3.8) is 0 Å². The summed E-state index contributed by atoms with van der Waals surface area (Å²) >= 11 is 0. The van der Waals surface area contributed by atoms with Gasteiger partial charge in [0.15, 0.2) is 0 Å². The molecule has 0 saturated carbocycles. The summed E-state index contributed by atoms with van der Waals surface area (Å²) in [6.07, 6.45) is 2.87. The van der Waals surface area contributed by atoms with Crippen LogP contribution in [-0.4, -0.2) is 27.4 Å². The molecule has 1 aromatic heterocycles. The number of nitrogens with zero attached hydrogens (tertiary/aromatic N) is 4. The Bertz CT molecular complexity index is 984. The maximum Gasteiger partial charge on any atom is 0.329 e. The SMILES string of the molecule is CC(C)(C)c1cc(C#N)ccc1Oc1ncc(N2C(=O)NC(=O)C2(C)C)cn1. The number of amides is 3. The Morgan fingerprint density at radius 1 is 1.18 bits per heavy atom. The van der Waals surface area contributed by atoms with Gasteiger partial charge >= 0.3 is 12.0 Å². The van der Waals surface area contributed by atoms with Gasteiger partial charge in [0, 0.05) is 5.56 Å². The van der Waals surface area contributed by atoms with Crippen LogP contribution in [0.3, 0.4) is 0 Å². The number of anilines is 1. The van der Waals surface area contributed by atoms with Crippen LogP contribution in [0.2, 0.25) is 0 Å². The molecule has 8 nitrogen and oxygen atoms in total. The molecule has 144 valence electrons. The second kappa shape index (κ2) is 6.60. The highest BCUT2D eigenvalue weighted by Crippen LogP contribution is 2.34. The van der Waals surface area contributed by atoms with Crippen molar-refractivity contribution >= 4 is 17.6 Å². The topological polar surface area (TPSA) is 108 Å². The average molecular weight is 379 g/mol. The smallest absolute Gasteiger partial charge is 0.329 e. The summed E-state index contributed by atoms with van der Waals surface area (Å²) in [5.74, 6) is 0.166. The van der Waals surface area contributed by atoms with Gasteiger partial charge in [-0.05, 0) is 37.5 Å². The van der Waals surface area contributed by atoms with E-state index < -0.39 is 11.6 Å². The average Bonchev–Trinajstić information content (AvgIpc) is 2.82. The van der Waals surface area contributed by atoms with E-state index in [1.165, 1.54) is 17.3 Å². The number of aromatic nitrogens is 2. The van der Waals surface area contributed by atoms with Crippen LogP contribution in [0.4, 0.5) is 10.5 Å². The number of carbonyl (C=O) groups is 2. The Kier molecular flexibility index (Phi) is 4.55. The fraction of sp³-hybridized carbons (Fsp3) is 0.350. The molecule has 1 saturated heterocycles. The molecule has 0 bridgehead atoms. The van der Waals surface area contributed by atoms with Gasteiger partial charge in [0.05, 0.1) is 29.7 Å². The first-order chi connectivity index (χ1) is 13.0. The second-order valence-corrected chi connectivity index (χ2v) is 8.05. The van der Waals surface area contributed by atoms with Gasteiger partial charge in [-0.1, -0.05) is 20.8 Å². The van der Waals surface area contributed by atoms with E-state index in [1.807, 2.05) is 20.8 Å². The number of benzene rings is 1. The first-order valence-electron chi connectivity index (χ1n) is 8.74. The van der Waals surface area contributed by atoms with E-state index in [2.05, 4.69) is 21.4 Å². The van der Waals surface area contributed by atoms with Crippen LogP contribution in [0.15, 0.2) is 30.6 Å². The van der Waals surface area contributed by atoms with Crippen LogP contribution in [-0.2, 0) is 10.2 Å². The Balaban J connectivity index is 1.89. The Hall–Kier alpha value is -3.47. The van der Waals surface area contributed by atoms with Gasteiger partial charge in [0.25, 0.3) is 5.91 Å². The summed E-state index contributed by atoms with van der Waals surface area (Å²) < 4.78 is 5.84. The third-order valence-corrected chi connectivity index (χ3v) is 4.53. The Labute approximate surface area is 163 Å². The molecule has 2 aromatic rings. The molecular formula is C20H21N5O3. The number of imide groups is 1. The maximum absolute atomic E-state index is 12.1. The van der Waals surface area contributed by atoms with Crippen molar-refractivity contribution in [2.45, 2.75) is 45.6 Å². The van der Waals surface area contributed by atoms with Crippen molar-refractivity contribution in [1.29, 1.82) is 5.26 Å². The van der Waals surface area contributed by atoms with Crippen LogP contribution in [0, 0.1) is 11.3 Å². The fourth-order valence-electron chi connectivity index (χ4n) is 2.95. The standard InChI is InChI=1S/C20H21N5O3/c1-19(2,3)14-8-12(9-21)6-7-15(14)28-17-22-10-13(11-23-17)25-18(27)24-16(26)20(25,4)5/h6-8,10-11H,1-5H3,(H,24,26,27). The Morgan fingerprint density at radius 2 is 1.82 bits per heavy atom. The van der Waals surface area contributed by atoms with Gasteiger partial charge in [-0.2, -0.15) is 5.26 Å². The number of rotatable bonds is 3. The molecular weight excluding hydrogens is 358 g/mol. The molecule has 0 unspecified atom stereocenters. The molecule has 1 fully saturated rings. The van der Waals surface area contributed by atoms with E-state index in [-0.39, 0.29) is 17.3 Å². The van der Waals surface area contributed by atoms with Crippen molar-refractivity contribution in [3.8, 4) is 17.8 Å². The zero-order chi connectivity index (χ0) is 20.7. The van der Waals surface area contributed by atoms with Crippen molar-refractivity contribution < 1.29 is 14.3 Å². The van der Waals surface area contributed by atoms with E-state index in [1.54, 1.807) is 32.0 Å². The third-order valence-electron chi connectivity index (χ3n) is 4.53. The molecule has 1 N–H and O–H groups in total. The maximum atomic E-state index is 12.1. The summed E-state index contributed by atoms with van der Waals surface area (Å²) in [5.41, 5.74) is 0.497.